The Bertz CT molecular complexity index is 115. The summed E-state index contributed by atoms with van der Waals surface area (Å²) in [6, 6.07) is 0. The van der Waals surface area contributed by atoms with Gasteiger partial charge in [-0.15, -0.1) is 0 Å². The minimum Gasteiger partial charge on any atom is -0.547 e. The summed E-state index contributed by atoms with van der Waals surface area (Å²) in [6.45, 7) is 2.09. The zero-order valence-corrected chi connectivity index (χ0v) is 4.64. The van der Waals surface area contributed by atoms with Crippen LogP contribution in [0.4, 0.5) is 0 Å². The van der Waals surface area contributed by atoms with Gasteiger partial charge in [0.1, 0.15) is 5.60 Å². The maximum atomic E-state index is 10.1. The smallest absolute Gasteiger partial charge is 0.130 e. The second-order valence-corrected chi connectivity index (χ2v) is 1.92. The molecule has 46 valence electrons. The van der Waals surface area contributed by atoms with Crippen LogP contribution in [0.15, 0.2) is 0 Å². The van der Waals surface area contributed by atoms with Crippen LogP contribution in [0.1, 0.15) is 13.3 Å². The zero-order chi connectivity index (χ0) is 6.20. The fourth-order valence-corrected chi connectivity index (χ4v) is 0.553. The van der Waals surface area contributed by atoms with Crippen molar-refractivity contribution < 1.29 is 14.6 Å². The van der Waals surface area contributed by atoms with Crippen LogP contribution in [0, 0.1) is 0 Å². The van der Waals surface area contributed by atoms with Gasteiger partial charge in [0.05, 0.1) is 12.6 Å². The van der Waals surface area contributed by atoms with Crippen LogP contribution >= 0.6 is 0 Å². The van der Waals surface area contributed by atoms with Crippen LogP contribution in [0.25, 0.3) is 0 Å². The highest BCUT2D eigenvalue weighted by Crippen LogP contribution is 2.29. The summed E-state index contributed by atoms with van der Waals surface area (Å²) < 4.78 is 4.64. The fourth-order valence-electron chi connectivity index (χ4n) is 0.553. The maximum Gasteiger partial charge on any atom is 0.130 e. The van der Waals surface area contributed by atoms with Crippen LogP contribution in [0.2, 0.25) is 0 Å². The minimum atomic E-state index is -1.08. The van der Waals surface area contributed by atoms with Crippen LogP contribution in [-0.2, 0) is 9.53 Å². The standard InChI is InChI=1S/C5H8O3/c1-2-5(3-8-5)4(6)7/h2-3H2,1H3,(H,6,7)/p-1. The van der Waals surface area contributed by atoms with Crippen molar-refractivity contribution in [2.45, 2.75) is 18.9 Å². The van der Waals surface area contributed by atoms with Gasteiger partial charge >= 0.3 is 0 Å². The molecule has 1 heterocycles. The fraction of sp³-hybridized carbons (Fsp3) is 0.800. The molecule has 1 fully saturated rings. The Morgan fingerprint density at radius 1 is 2.00 bits per heavy atom. The molecular weight excluding hydrogens is 108 g/mol. The van der Waals surface area contributed by atoms with Crippen LogP contribution < -0.4 is 5.11 Å². The lowest BCUT2D eigenvalue weighted by molar-refractivity contribution is -0.312. The molecule has 8 heavy (non-hydrogen) atoms. The van der Waals surface area contributed by atoms with Gasteiger partial charge in [-0.3, -0.25) is 0 Å². The van der Waals surface area contributed by atoms with E-state index in [4.69, 9.17) is 0 Å². The number of epoxide rings is 1. The summed E-state index contributed by atoms with van der Waals surface area (Å²) in [5, 5.41) is 10.1. The van der Waals surface area contributed by atoms with Crippen LogP contribution in [-0.4, -0.2) is 18.2 Å². The van der Waals surface area contributed by atoms with E-state index in [1.807, 2.05) is 0 Å². The van der Waals surface area contributed by atoms with Gasteiger partial charge in [-0.1, -0.05) is 6.92 Å². The highest BCUT2D eigenvalue weighted by atomic mass is 16.6. The molecule has 1 rings (SSSR count). The Labute approximate surface area is 47.3 Å². The normalized spacial score (nSPS) is 34.6. The van der Waals surface area contributed by atoms with Crippen molar-refractivity contribution in [3.05, 3.63) is 0 Å². The number of ether oxygens (including phenoxy) is 1. The molecule has 0 aromatic rings. The molecule has 0 aromatic carbocycles. The third kappa shape index (κ3) is 0.591. The van der Waals surface area contributed by atoms with E-state index in [9.17, 15) is 9.90 Å². The average molecular weight is 115 g/mol. The first kappa shape index (κ1) is 5.56. The first-order valence-electron chi connectivity index (χ1n) is 2.57. The highest BCUT2D eigenvalue weighted by Gasteiger charge is 2.44. The molecule has 1 aliphatic rings. The van der Waals surface area contributed by atoms with Crippen molar-refractivity contribution in [1.82, 2.24) is 0 Å². The first-order valence-corrected chi connectivity index (χ1v) is 2.57. The van der Waals surface area contributed by atoms with E-state index in [0.717, 1.165) is 0 Å². The molecule has 3 nitrogen and oxygen atoms in total. The Kier molecular flexibility index (Phi) is 1.01. The lowest BCUT2D eigenvalue weighted by Gasteiger charge is -2.07. The van der Waals surface area contributed by atoms with Gasteiger partial charge in [0, 0.05) is 0 Å². The molecule has 1 unspecified atom stereocenters. The number of hydrogen-bond donors (Lipinski definition) is 0. The topological polar surface area (TPSA) is 52.7 Å². The Morgan fingerprint density at radius 2 is 2.50 bits per heavy atom. The number of rotatable bonds is 2. The third-order valence-corrected chi connectivity index (χ3v) is 1.44. The molecule has 1 saturated heterocycles. The molecule has 0 saturated carbocycles. The summed E-state index contributed by atoms with van der Waals surface area (Å²) in [5.74, 6) is -1.08. The van der Waals surface area contributed by atoms with Crippen molar-refractivity contribution in [2.75, 3.05) is 6.61 Å². The second kappa shape index (κ2) is 1.45. The summed E-state index contributed by atoms with van der Waals surface area (Å²) >= 11 is 0. The van der Waals surface area contributed by atoms with Crippen molar-refractivity contribution in [1.29, 1.82) is 0 Å². The molecule has 0 N–H and O–H groups in total. The van der Waals surface area contributed by atoms with Gasteiger partial charge in [-0.25, -0.2) is 0 Å². The van der Waals surface area contributed by atoms with E-state index in [-0.39, 0.29) is 0 Å². The number of carboxylic acid groups (broad SMARTS) is 1. The van der Waals surface area contributed by atoms with E-state index in [2.05, 4.69) is 4.74 Å². The first-order chi connectivity index (χ1) is 3.71. The molecule has 1 aliphatic heterocycles. The van der Waals surface area contributed by atoms with E-state index in [1.165, 1.54) is 0 Å². The van der Waals surface area contributed by atoms with Crippen molar-refractivity contribution in [3.63, 3.8) is 0 Å². The molecule has 3 heteroatoms. The SMILES string of the molecule is CCC1(C(=O)[O-])CO1. The molecule has 0 amide bonds. The average Bonchev–Trinajstić information content (AvgIpc) is 2.44. The van der Waals surface area contributed by atoms with E-state index < -0.39 is 11.6 Å². The van der Waals surface area contributed by atoms with Gasteiger partial charge in [0.25, 0.3) is 0 Å². The van der Waals surface area contributed by atoms with Gasteiger partial charge in [-0.05, 0) is 6.42 Å². The van der Waals surface area contributed by atoms with Crippen LogP contribution in [0.3, 0.4) is 0 Å². The van der Waals surface area contributed by atoms with E-state index >= 15 is 0 Å². The zero-order valence-electron chi connectivity index (χ0n) is 4.64. The van der Waals surface area contributed by atoms with Crippen LogP contribution in [0.5, 0.6) is 0 Å². The number of carboxylic acids is 1. The van der Waals surface area contributed by atoms with Crippen molar-refractivity contribution in [2.24, 2.45) is 0 Å². The monoisotopic (exact) mass is 115 g/mol. The van der Waals surface area contributed by atoms with Gasteiger partial charge in [0.2, 0.25) is 0 Å². The second-order valence-electron chi connectivity index (χ2n) is 1.92. The lowest BCUT2D eigenvalue weighted by atomic mass is 10.1. The highest BCUT2D eigenvalue weighted by molar-refractivity contribution is 5.78. The molecule has 1 atom stereocenters. The third-order valence-electron chi connectivity index (χ3n) is 1.44. The van der Waals surface area contributed by atoms with Gasteiger partial charge < -0.3 is 14.6 Å². The van der Waals surface area contributed by atoms with Gasteiger partial charge in [-0.2, -0.15) is 0 Å². The summed E-state index contributed by atoms with van der Waals surface area (Å²) in [5.41, 5.74) is -0.903. The molecule has 0 radical (unpaired) electrons. The van der Waals surface area contributed by atoms with E-state index in [0.29, 0.717) is 13.0 Å². The minimum absolute atomic E-state index is 0.325. The Balaban J connectivity index is 2.53. The summed E-state index contributed by atoms with van der Waals surface area (Å²) in [6.07, 6.45) is 0.509. The molecule has 0 aromatic heterocycles. The predicted octanol–water partition coefficient (Wildman–Crippen LogP) is -1.08. The van der Waals surface area contributed by atoms with Gasteiger partial charge in [0.15, 0.2) is 0 Å². The maximum absolute atomic E-state index is 10.1. The number of carbonyl (C=O) groups excluding carboxylic acids is 1. The molecular formula is C5H7O3-. The molecule has 0 bridgehead atoms. The Hall–Kier alpha value is -0.570. The Morgan fingerprint density at radius 3 is 2.50 bits per heavy atom. The van der Waals surface area contributed by atoms with Crippen molar-refractivity contribution in [3.8, 4) is 0 Å². The number of hydrogen-bond acceptors (Lipinski definition) is 3. The molecule has 0 spiro atoms. The lowest BCUT2D eigenvalue weighted by Crippen LogP contribution is -2.38. The summed E-state index contributed by atoms with van der Waals surface area (Å²) in [4.78, 5) is 10.1. The quantitative estimate of drug-likeness (QED) is 0.430. The number of carbonyl (C=O) groups is 1. The largest absolute Gasteiger partial charge is 0.547 e. The predicted molar refractivity (Wildman–Crippen MR) is 24.0 cm³/mol. The number of aliphatic carboxylic acids is 1. The summed E-state index contributed by atoms with van der Waals surface area (Å²) in [7, 11) is 0. The van der Waals surface area contributed by atoms with E-state index in [1.54, 1.807) is 6.92 Å². The van der Waals surface area contributed by atoms with Crippen molar-refractivity contribution >= 4 is 5.97 Å². The molecule has 0 aliphatic carbocycles.